The molecule has 0 heterocycles. The molecule has 16 heavy (non-hydrogen) atoms. The van der Waals surface area contributed by atoms with E-state index in [0.717, 1.165) is 10.6 Å². The van der Waals surface area contributed by atoms with E-state index in [-0.39, 0.29) is 5.91 Å². The molecule has 1 aromatic carbocycles. The van der Waals surface area contributed by atoms with Gasteiger partial charge < -0.3 is 0 Å². The smallest absolute Gasteiger partial charge is 0.240 e. The zero-order valence-electron chi connectivity index (χ0n) is 10.7. The first-order valence-electron chi connectivity index (χ1n) is 5.42. The lowest BCUT2D eigenvalue weighted by Crippen LogP contribution is -2.34. The van der Waals surface area contributed by atoms with Crippen LogP contribution in [0.15, 0.2) is 6.07 Å². The van der Waals surface area contributed by atoms with Crippen molar-refractivity contribution in [3.63, 3.8) is 0 Å². The predicted molar refractivity (Wildman–Crippen MR) is 66.1 cm³/mol. The van der Waals surface area contributed by atoms with Gasteiger partial charge in [0.15, 0.2) is 0 Å². The molecule has 1 rings (SSSR count). The quantitative estimate of drug-likeness (QED) is 0.469. The van der Waals surface area contributed by atoms with E-state index >= 15 is 0 Å². The van der Waals surface area contributed by atoms with Gasteiger partial charge in [-0.15, -0.1) is 0 Å². The molecule has 0 aliphatic rings. The van der Waals surface area contributed by atoms with Crippen LogP contribution in [0.2, 0.25) is 0 Å². The van der Waals surface area contributed by atoms with Crippen molar-refractivity contribution in [3.8, 4) is 0 Å². The Kier molecular flexibility index (Phi) is 3.70. The number of hydrazine groups is 1. The molecule has 0 radical (unpaired) electrons. The maximum atomic E-state index is 11.6. The molecule has 0 saturated heterocycles. The van der Waals surface area contributed by atoms with Crippen LogP contribution in [0.5, 0.6) is 0 Å². The van der Waals surface area contributed by atoms with Gasteiger partial charge in [-0.1, -0.05) is 6.07 Å². The van der Waals surface area contributed by atoms with Gasteiger partial charge >= 0.3 is 0 Å². The summed E-state index contributed by atoms with van der Waals surface area (Å²) in [5, 5.41) is 1.15. The molecule has 0 spiro atoms. The average Bonchev–Trinajstić information content (AvgIpc) is 2.21. The van der Waals surface area contributed by atoms with Gasteiger partial charge in [0.05, 0.1) is 6.42 Å². The van der Waals surface area contributed by atoms with Crippen molar-refractivity contribution < 1.29 is 4.79 Å². The summed E-state index contributed by atoms with van der Waals surface area (Å²) >= 11 is 0. The van der Waals surface area contributed by atoms with Crippen LogP contribution in [0.25, 0.3) is 0 Å². The lowest BCUT2D eigenvalue weighted by Gasteiger charge is -2.16. The molecule has 0 atom stereocenters. The standard InChI is InChI=1S/C13H20N2O/c1-8-6-9(2)11(4)12(10(8)3)7-13(16)15(5)14/h6H,7,14H2,1-5H3. The molecular formula is C13H20N2O. The molecule has 88 valence electrons. The maximum absolute atomic E-state index is 11.6. The highest BCUT2D eigenvalue weighted by molar-refractivity contribution is 5.79. The van der Waals surface area contributed by atoms with Crippen molar-refractivity contribution in [1.29, 1.82) is 0 Å². The molecule has 1 aromatic rings. The van der Waals surface area contributed by atoms with Gasteiger partial charge in [0.25, 0.3) is 0 Å². The summed E-state index contributed by atoms with van der Waals surface area (Å²) in [6.45, 7) is 8.26. The number of benzene rings is 1. The van der Waals surface area contributed by atoms with Crippen molar-refractivity contribution in [3.05, 3.63) is 33.9 Å². The van der Waals surface area contributed by atoms with Crippen LogP contribution in [-0.4, -0.2) is 18.0 Å². The summed E-state index contributed by atoms with van der Waals surface area (Å²) in [5.74, 6) is 5.38. The molecule has 1 amide bonds. The largest absolute Gasteiger partial charge is 0.284 e. The normalized spacial score (nSPS) is 10.4. The molecule has 0 aliphatic carbocycles. The fourth-order valence-electron chi connectivity index (χ4n) is 1.84. The molecule has 3 nitrogen and oxygen atoms in total. The first kappa shape index (κ1) is 12.7. The number of amides is 1. The van der Waals surface area contributed by atoms with Crippen molar-refractivity contribution in [2.45, 2.75) is 34.1 Å². The van der Waals surface area contributed by atoms with E-state index in [2.05, 4.69) is 33.8 Å². The maximum Gasteiger partial charge on any atom is 0.240 e. The van der Waals surface area contributed by atoms with Gasteiger partial charge in [0, 0.05) is 7.05 Å². The summed E-state index contributed by atoms with van der Waals surface area (Å²) in [5.41, 5.74) is 5.95. The topological polar surface area (TPSA) is 46.3 Å². The second kappa shape index (κ2) is 4.66. The molecule has 0 bridgehead atoms. The number of carbonyl (C=O) groups is 1. The lowest BCUT2D eigenvalue weighted by atomic mass is 9.92. The van der Waals surface area contributed by atoms with E-state index < -0.39 is 0 Å². The zero-order valence-corrected chi connectivity index (χ0v) is 10.7. The third-order valence-corrected chi connectivity index (χ3v) is 3.24. The Morgan fingerprint density at radius 2 is 1.62 bits per heavy atom. The summed E-state index contributed by atoms with van der Waals surface area (Å²) < 4.78 is 0. The minimum Gasteiger partial charge on any atom is -0.284 e. The number of nitrogens with zero attached hydrogens (tertiary/aromatic N) is 1. The van der Waals surface area contributed by atoms with Crippen LogP contribution >= 0.6 is 0 Å². The van der Waals surface area contributed by atoms with E-state index in [0.29, 0.717) is 6.42 Å². The molecule has 0 fully saturated rings. The highest BCUT2D eigenvalue weighted by atomic mass is 16.2. The summed E-state index contributed by atoms with van der Waals surface area (Å²) in [6, 6.07) is 2.16. The minimum atomic E-state index is -0.0591. The van der Waals surface area contributed by atoms with Crippen molar-refractivity contribution in [2.24, 2.45) is 5.84 Å². The fraction of sp³-hybridized carbons (Fsp3) is 0.462. The number of rotatable bonds is 2. The van der Waals surface area contributed by atoms with Crippen molar-refractivity contribution >= 4 is 5.91 Å². The first-order chi connectivity index (χ1) is 7.34. The predicted octanol–water partition coefficient (Wildman–Crippen LogP) is 1.79. The number of hydrogen-bond donors (Lipinski definition) is 1. The summed E-state index contributed by atoms with van der Waals surface area (Å²) in [6.07, 6.45) is 0.382. The Hall–Kier alpha value is -1.35. The van der Waals surface area contributed by atoms with Crippen LogP contribution in [0, 0.1) is 27.7 Å². The third-order valence-electron chi connectivity index (χ3n) is 3.24. The van der Waals surface area contributed by atoms with Crippen LogP contribution in [0.3, 0.4) is 0 Å². The number of carbonyl (C=O) groups excluding carboxylic acids is 1. The molecule has 0 aliphatic heterocycles. The number of likely N-dealkylation sites (N-methyl/N-ethyl adjacent to an activating group) is 1. The highest BCUT2D eigenvalue weighted by Gasteiger charge is 2.13. The fourth-order valence-corrected chi connectivity index (χ4v) is 1.84. The SMILES string of the molecule is Cc1cc(C)c(C)c(CC(=O)N(C)N)c1C. The number of aryl methyl sites for hydroxylation is 2. The van der Waals surface area contributed by atoms with Crippen LogP contribution in [0.4, 0.5) is 0 Å². The highest BCUT2D eigenvalue weighted by Crippen LogP contribution is 2.22. The average molecular weight is 220 g/mol. The van der Waals surface area contributed by atoms with E-state index in [1.54, 1.807) is 7.05 Å². The van der Waals surface area contributed by atoms with Crippen LogP contribution in [-0.2, 0) is 11.2 Å². The van der Waals surface area contributed by atoms with Crippen LogP contribution < -0.4 is 5.84 Å². The van der Waals surface area contributed by atoms with Crippen LogP contribution in [0.1, 0.15) is 27.8 Å². The van der Waals surface area contributed by atoms with Crippen molar-refractivity contribution in [1.82, 2.24) is 5.01 Å². The third kappa shape index (κ3) is 2.42. The lowest BCUT2D eigenvalue weighted by molar-refractivity contribution is -0.129. The zero-order chi connectivity index (χ0) is 12.5. The molecule has 0 saturated carbocycles. The van der Waals surface area contributed by atoms with E-state index in [9.17, 15) is 4.79 Å². The number of nitrogens with two attached hydrogens (primary N) is 1. The molecule has 2 N–H and O–H groups in total. The summed E-state index contributed by atoms with van der Waals surface area (Å²) in [4.78, 5) is 11.6. The van der Waals surface area contributed by atoms with Crippen molar-refractivity contribution in [2.75, 3.05) is 7.05 Å². The van der Waals surface area contributed by atoms with Gasteiger partial charge in [-0.2, -0.15) is 0 Å². The Bertz CT molecular complexity index is 396. The van der Waals surface area contributed by atoms with E-state index in [1.807, 2.05) is 0 Å². The second-order valence-electron chi connectivity index (χ2n) is 4.42. The molecule has 3 heteroatoms. The second-order valence-corrected chi connectivity index (χ2v) is 4.42. The van der Waals surface area contributed by atoms with Gasteiger partial charge in [0.2, 0.25) is 5.91 Å². The van der Waals surface area contributed by atoms with E-state index in [1.165, 1.54) is 22.3 Å². The van der Waals surface area contributed by atoms with E-state index in [4.69, 9.17) is 5.84 Å². The molecular weight excluding hydrogens is 200 g/mol. The van der Waals surface area contributed by atoms with Gasteiger partial charge in [0.1, 0.15) is 0 Å². The monoisotopic (exact) mass is 220 g/mol. The molecule has 0 unspecified atom stereocenters. The van der Waals surface area contributed by atoms with Gasteiger partial charge in [-0.3, -0.25) is 9.80 Å². The van der Waals surface area contributed by atoms with Gasteiger partial charge in [-0.25, -0.2) is 5.84 Å². The Labute approximate surface area is 97.2 Å². The Morgan fingerprint density at radius 1 is 1.19 bits per heavy atom. The van der Waals surface area contributed by atoms with Gasteiger partial charge in [-0.05, 0) is 55.5 Å². The summed E-state index contributed by atoms with van der Waals surface area (Å²) in [7, 11) is 1.58. The Morgan fingerprint density at radius 3 is 2.00 bits per heavy atom. The number of hydrogen-bond acceptors (Lipinski definition) is 2. The Balaban J connectivity index is 3.18. The first-order valence-corrected chi connectivity index (χ1v) is 5.42. The molecule has 0 aromatic heterocycles. The minimum absolute atomic E-state index is 0.0591.